The minimum Gasteiger partial charge on any atom is -0.0820 e. The molecule has 0 spiro atoms. The van der Waals surface area contributed by atoms with Crippen molar-refractivity contribution in [2.24, 2.45) is 46.8 Å². The monoisotopic (exact) mass is 412 g/mol. The van der Waals surface area contributed by atoms with Gasteiger partial charge in [0.1, 0.15) is 0 Å². The molecule has 0 radical (unpaired) electrons. The van der Waals surface area contributed by atoms with Crippen LogP contribution in [0, 0.1) is 46.8 Å². The largest absolute Gasteiger partial charge is 0.0820 e. The minimum absolute atomic E-state index is 0.782. The first kappa shape index (κ1) is 8.54. The minimum atomic E-state index is 0.782. The molecule has 6 aliphatic rings. The van der Waals surface area contributed by atoms with Crippen LogP contribution in [0.3, 0.4) is 0 Å². The number of hydrogen-bond acceptors (Lipinski definition) is 0. The van der Waals surface area contributed by atoms with Gasteiger partial charge < -0.3 is 0 Å². The smallest absolute Gasteiger partial charge is 0.0203 e. The zero-order chi connectivity index (χ0) is 9.40. The van der Waals surface area contributed by atoms with Crippen molar-refractivity contribution in [2.75, 3.05) is 0 Å². The van der Waals surface area contributed by atoms with E-state index in [0.717, 1.165) is 36.9 Å². The van der Waals surface area contributed by atoms with Gasteiger partial charge in [0.2, 0.25) is 0 Å². The van der Waals surface area contributed by atoms with Gasteiger partial charge in [0.25, 0.3) is 0 Å². The normalized spacial score (nSPS) is 85.5. The molecule has 0 aromatic heterocycles. The van der Waals surface area contributed by atoms with Crippen molar-refractivity contribution >= 4 is 45.2 Å². The number of halogens is 2. The van der Waals surface area contributed by atoms with Crippen LogP contribution in [-0.4, -0.2) is 7.85 Å². The van der Waals surface area contributed by atoms with E-state index in [0.29, 0.717) is 0 Å². The molecular weight excluding hydrogens is 398 g/mol. The van der Waals surface area contributed by atoms with Gasteiger partial charge in [0.15, 0.2) is 0 Å². The Kier molecular flexibility index (Phi) is 1.27. The van der Waals surface area contributed by atoms with Gasteiger partial charge in [-0.25, -0.2) is 0 Å². The summed E-state index contributed by atoms with van der Waals surface area (Å²) in [6.45, 7) is 2.65. The molecule has 6 aliphatic carbocycles. The van der Waals surface area contributed by atoms with Crippen LogP contribution in [0.15, 0.2) is 0 Å². The third-order valence-electron chi connectivity index (χ3n) is 6.84. The van der Waals surface area contributed by atoms with Gasteiger partial charge in [-0.05, 0) is 53.3 Å². The highest BCUT2D eigenvalue weighted by molar-refractivity contribution is 14.1. The van der Waals surface area contributed by atoms with Gasteiger partial charge in [-0.2, -0.15) is 0 Å². The standard InChI is InChI=1S/C12H14I2/c1-12-8-4-2-3-5(6(4)11(12)14)9(12)10(13)7(3)8/h3-11H,2H2,1H3/t3-,4+,5?,6?,7?,8?,9?,10?,11+,12-/m1/s1. The summed E-state index contributed by atoms with van der Waals surface area (Å²) in [5.41, 5.74) is 0.782. The van der Waals surface area contributed by atoms with Crippen LogP contribution in [0.4, 0.5) is 0 Å². The summed E-state index contributed by atoms with van der Waals surface area (Å²) in [6, 6.07) is 0. The van der Waals surface area contributed by atoms with Gasteiger partial charge in [-0.15, -0.1) is 0 Å². The van der Waals surface area contributed by atoms with Crippen LogP contribution in [-0.2, 0) is 0 Å². The molecule has 76 valence electrons. The number of rotatable bonds is 0. The van der Waals surface area contributed by atoms with Crippen molar-refractivity contribution in [1.82, 2.24) is 0 Å². The quantitative estimate of drug-likeness (QED) is 0.423. The Bertz CT molecular complexity index is 348. The summed E-state index contributed by atoms with van der Waals surface area (Å²) >= 11 is 5.64. The molecule has 0 aromatic carbocycles. The van der Waals surface area contributed by atoms with Crippen LogP contribution in [0.5, 0.6) is 0 Å². The molecular formula is C12H14I2. The van der Waals surface area contributed by atoms with E-state index in [1.165, 1.54) is 17.8 Å². The van der Waals surface area contributed by atoms with Gasteiger partial charge >= 0.3 is 0 Å². The average molecular weight is 412 g/mol. The Labute approximate surface area is 112 Å². The summed E-state index contributed by atoms with van der Waals surface area (Å²) < 4.78 is 2.10. The molecule has 0 saturated heterocycles. The van der Waals surface area contributed by atoms with E-state index < -0.39 is 0 Å². The van der Waals surface area contributed by atoms with Crippen LogP contribution in [0.1, 0.15) is 13.3 Å². The van der Waals surface area contributed by atoms with E-state index >= 15 is 0 Å². The fourth-order valence-electron chi connectivity index (χ4n) is 6.99. The molecule has 10 atom stereocenters. The molecule has 2 heteroatoms. The first-order valence-electron chi connectivity index (χ1n) is 5.95. The lowest BCUT2D eigenvalue weighted by Crippen LogP contribution is -2.37. The lowest BCUT2D eigenvalue weighted by molar-refractivity contribution is 0.0703. The molecule has 0 aromatic rings. The highest BCUT2D eigenvalue weighted by Crippen LogP contribution is 2.89. The molecule has 0 aliphatic heterocycles. The predicted molar refractivity (Wildman–Crippen MR) is 72.8 cm³/mol. The SMILES string of the molecule is C[C@]12C3C(I)C4C1[C@H]1C[C@@H]4C3C1[C@@H]2I. The van der Waals surface area contributed by atoms with Crippen molar-refractivity contribution in [1.29, 1.82) is 0 Å². The summed E-state index contributed by atoms with van der Waals surface area (Å²) in [6.07, 6.45) is 1.63. The average Bonchev–Trinajstić information content (AvgIpc) is 2.81. The third kappa shape index (κ3) is 0.519. The Morgan fingerprint density at radius 2 is 1.79 bits per heavy atom. The van der Waals surface area contributed by atoms with E-state index in [4.69, 9.17) is 0 Å². The van der Waals surface area contributed by atoms with Crippen LogP contribution in [0.2, 0.25) is 0 Å². The van der Waals surface area contributed by atoms with Crippen molar-refractivity contribution in [3.63, 3.8) is 0 Å². The zero-order valence-electron chi connectivity index (χ0n) is 8.16. The maximum absolute atomic E-state index is 2.82. The lowest BCUT2D eigenvalue weighted by atomic mass is 9.64. The second-order valence-electron chi connectivity index (χ2n) is 6.56. The fourth-order valence-corrected chi connectivity index (χ4v) is 11.1. The molecule has 0 N–H and O–H groups in total. The molecule has 6 fully saturated rings. The molecule has 6 unspecified atom stereocenters. The fraction of sp³-hybridized carbons (Fsp3) is 1.00. The predicted octanol–water partition coefficient (Wildman–Crippen LogP) is 3.37. The molecule has 6 bridgehead atoms. The summed E-state index contributed by atoms with van der Waals surface area (Å²) in [4.78, 5) is 0. The van der Waals surface area contributed by atoms with E-state index in [2.05, 4.69) is 52.1 Å². The Morgan fingerprint density at radius 1 is 1.00 bits per heavy atom. The highest BCUT2D eigenvalue weighted by atomic mass is 127. The second kappa shape index (κ2) is 2.08. The Morgan fingerprint density at radius 3 is 2.50 bits per heavy atom. The Hall–Kier alpha value is 1.46. The molecule has 6 rings (SSSR count). The maximum Gasteiger partial charge on any atom is 0.0203 e. The third-order valence-corrected chi connectivity index (χ3v) is 10.6. The van der Waals surface area contributed by atoms with Crippen LogP contribution >= 0.6 is 45.2 Å². The first-order valence-corrected chi connectivity index (χ1v) is 8.44. The first-order chi connectivity index (χ1) is 6.67. The summed E-state index contributed by atoms with van der Waals surface area (Å²) in [7, 11) is 0. The van der Waals surface area contributed by atoms with Crippen molar-refractivity contribution in [3.05, 3.63) is 0 Å². The summed E-state index contributed by atoms with van der Waals surface area (Å²) in [5.74, 6) is 8.18. The molecule has 0 heterocycles. The van der Waals surface area contributed by atoms with Crippen molar-refractivity contribution < 1.29 is 0 Å². The lowest BCUT2D eigenvalue weighted by Gasteiger charge is -2.40. The van der Waals surface area contributed by atoms with Gasteiger partial charge in [0.05, 0.1) is 0 Å². The number of alkyl halides is 2. The molecule has 0 nitrogen and oxygen atoms in total. The highest BCUT2D eigenvalue weighted by Gasteiger charge is 2.86. The summed E-state index contributed by atoms with van der Waals surface area (Å²) in [5, 5.41) is 0. The topological polar surface area (TPSA) is 0 Å². The van der Waals surface area contributed by atoms with Gasteiger partial charge in [0, 0.05) is 7.85 Å². The van der Waals surface area contributed by atoms with Gasteiger partial charge in [-0.3, -0.25) is 0 Å². The van der Waals surface area contributed by atoms with E-state index in [-0.39, 0.29) is 0 Å². The Balaban J connectivity index is 1.88. The maximum atomic E-state index is 2.82. The van der Waals surface area contributed by atoms with Crippen molar-refractivity contribution in [3.8, 4) is 0 Å². The second-order valence-corrected chi connectivity index (χ2v) is 9.34. The zero-order valence-corrected chi connectivity index (χ0v) is 12.5. The van der Waals surface area contributed by atoms with E-state index in [1.807, 2.05) is 0 Å². The molecule has 6 saturated carbocycles. The van der Waals surface area contributed by atoms with E-state index in [1.54, 1.807) is 6.42 Å². The molecule has 0 amide bonds. The van der Waals surface area contributed by atoms with E-state index in [9.17, 15) is 0 Å². The van der Waals surface area contributed by atoms with Crippen LogP contribution in [0.25, 0.3) is 0 Å². The number of hydrogen-bond donors (Lipinski definition) is 0. The molecule has 14 heavy (non-hydrogen) atoms. The van der Waals surface area contributed by atoms with Crippen molar-refractivity contribution in [2.45, 2.75) is 21.2 Å². The van der Waals surface area contributed by atoms with Gasteiger partial charge in [-0.1, -0.05) is 52.1 Å². The van der Waals surface area contributed by atoms with Crippen LogP contribution < -0.4 is 0 Å².